The highest BCUT2D eigenvalue weighted by molar-refractivity contribution is 5.75. The van der Waals surface area contributed by atoms with Gasteiger partial charge in [-0.3, -0.25) is 0 Å². The lowest BCUT2D eigenvalue weighted by Gasteiger charge is -2.03. The molecule has 1 aromatic rings. The number of Topliss-reactive ketones (excluding diaryl/α,β-unsaturated/α-hetero) is 1. The van der Waals surface area contributed by atoms with E-state index in [1.807, 2.05) is 0 Å². The van der Waals surface area contributed by atoms with E-state index >= 15 is 0 Å². The predicted molar refractivity (Wildman–Crippen MR) is 48.7 cm³/mol. The number of carbonyl (C=O) groups is 1. The van der Waals surface area contributed by atoms with E-state index in [4.69, 9.17) is 10.2 Å². The molecular formula is C10H11FO3. The second-order valence-electron chi connectivity index (χ2n) is 3.15. The van der Waals surface area contributed by atoms with E-state index in [0.29, 0.717) is 18.4 Å². The van der Waals surface area contributed by atoms with Gasteiger partial charge in [0.15, 0.2) is 11.5 Å². The molecule has 0 fully saturated rings. The Morgan fingerprint density at radius 1 is 1.36 bits per heavy atom. The molecule has 4 heteroatoms. The van der Waals surface area contributed by atoms with Gasteiger partial charge in [-0.05, 0) is 31.0 Å². The van der Waals surface area contributed by atoms with Crippen molar-refractivity contribution in [3.8, 4) is 11.5 Å². The number of rotatable bonds is 3. The summed E-state index contributed by atoms with van der Waals surface area (Å²) in [5.41, 5.74) is 0.539. The van der Waals surface area contributed by atoms with E-state index in [1.54, 1.807) is 0 Å². The molecule has 0 amide bonds. The van der Waals surface area contributed by atoms with Crippen molar-refractivity contribution in [3.05, 3.63) is 23.5 Å². The molecule has 0 aliphatic carbocycles. The maximum Gasteiger partial charge on any atom is 0.206 e. The third kappa shape index (κ3) is 2.45. The van der Waals surface area contributed by atoms with Gasteiger partial charge in [0.2, 0.25) is 5.82 Å². The quantitative estimate of drug-likeness (QED) is 0.778. The molecule has 0 bridgehead atoms. The first kappa shape index (κ1) is 10.5. The number of carbonyl (C=O) groups excluding carboxylic acids is 1. The summed E-state index contributed by atoms with van der Waals surface area (Å²) in [5.74, 6) is -2.21. The number of hydrogen-bond donors (Lipinski definition) is 2. The van der Waals surface area contributed by atoms with Crippen LogP contribution in [0, 0.1) is 5.82 Å². The number of hydrogen-bond acceptors (Lipinski definition) is 3. The average molecular weight is 198 g/mol. The van der Waals surface area contributed by atoms with Gasteiger partial charge >= 0.3 is 0 Å². The fourth-order valence-electron chi connectivity index (χ4n) is 1.12. The number of aromatic hydroxyl groups is 2. The van der Waals surface area contributed by atoms with E-state index in [2.05, 4.69) is 0 Å². The molecule has 1 rings (SSSR count). The molecule has 0 saturated carbocycles. The summed E-state index contributed by atoms with van der Waals surface area (Å²) >= 11 is 0. The maximum atomic E-state index is 12.7. The number of ketones is 1. The van der Waals surface area contributed by atoms with Gasteiger partial charge in [0.25, 0.3) is 0 Å². The van der Waals surface area contributed by atoms with Crippen molar-refractivity contribution in [3.63, 3.8) is 0 Å². The highest BCUT2D eigenvalue weighted by Gasteiger charge is 2.08. The maximum absolute atomic E-state index is 12.7. The summed E-state index contributed by atoms with van der Waals surface area (Å²) in [6.07, 6.45) is 0.696. The van der Waals surface area contributed by atoms with E-state index in [0.717, 1.165) is 0 Å². The zero-order chi connectivity index (χ0) is 10.7. The summed E-state index contributed by atoms with van der Waals surface area (Å²) in [5, 5.41) is 18.1. The molecule has 0 spiro atoms. The number of halogens is 1. The molecule has 0 aliphatic rings. The minimum absolute atomic E-state index is 0.00769. The van der Waals surface area contributed by atoms with Gasteiger partial charge < -0.3 is 15.0 Å². The van der Waals surface area contributed by atoms with Crippen molar-refractivity contribution in [1.82, 2.24) is 0 Å². The van der Waals surface area contributed by atoms with Crippen LogP contribution in [0.1, 0.15) is 18.9 Å². The Balaban J connectivity index is 2.84. The summed E-state index contributed by atoms with van der Waals surface area (Å²) in [6, 6.07) is 2.41. The molecule has 0 aromatic heterocycles. The molecule has 0 radical (unpaired) electrons. The zero-order valence-electron chi connectivity index (χ0n) is 7.75. The first-order chi connectivity index (χ1) is 6.50. The molecule has 3 nitrogen and oxygen atoms in total. The minimum Gasteiger partial charge on any atom is -0.505 e. The number of aryl methyl sites for hydroxylation is 1. The fourth-order valence-corrected chi connectivity index (χ4v) is 1.12. The third-order valence-corrected chi connectivity index (χ3v) is 1.86. The van der Waals surface area contributed by atoms with Crippen LogP contribution in [0.4, 0.5) is 4.39 Å². The summed E-state index contributed by atoms with van der Waals surface area (Å²) in [4.78, 5) is 10.7. The summed E-state index contributed by atoms with van der Waals surface area (Å²) in [7, 11) is 0. The molecule has 0 aliphatic heterocycles. The average Bonchev–Trinajstić information content (AvgIpc) is 2.10. The van der Waals surface area contributed by atoms with Gasteiger partial charge in [-0.15, -0.1) is 0 Å². The van der Waals surface area contributed by atoms with Crippen molar-refractivity contribution in [2.45, 2.75) is 19.8 Å². The van der Waals surface area contributed by atoms with Crippen LogP contribution in [-0.4, -0.2) is 16.0 Å². The summed E-state index contributed by atoms with van der Waals surface area (Å²) in [6.45, 7) is 1.45. The van der Waals surface area contributed by atoms with Gasteiger partial charge in [-0.1, -0.05) is 0 Å². The Kier molecular flexibility index (Phi) is 3.06. The molecule has 0 atom stereocenters. The van der Waals surface area contributed by atoms with E-state index in [9.17, 15) is 9.18 Å². The van der Waals surface area contributed by atoms with Gasteiger partial charge in [0.1, 0.15) is 5.78 Å². The molecule has 14 heavy (non-hydrogen) atoms. The smallest absolute Gasteiger partial charge is 0.206 e. The molecule has 1 aromatic carbocycles. The van der Waals surface area contributed by atoms with Crippen molar-refractivity contribution in [1.29, 1.82) is 0 Å². The highest BCUT2D eigenvalue weighted by Crippen LogP contribution is 2.27. The second kappa shape index (κ2) is 4.09. The van der Waals surface area contributed by atoms with E-state index in [-0.39, 0.29) is 5.78 Å². The third-order valence-electron chi connectivity index (χ3n) is 1.86. The van der Waals surface area contributed by atoms with Gasteiger partial charge in [0, 0.05) is 6.42 Å². The van der Waals surface area contributed by atoms with Crippen LogP contribution in [0.3, 0.4) is 0 Å². The van der Waals surface area contributed by atoms with Crippen molar-refractivity contribution < 1.29 is 19.4 Å². The van der Waals surface area contributed by atoms with Gasteiger partial charge in [-0.2, -0.15) is 4.39 Å². The lowest BCUT2D eigenvalue weighted by atomic mass is 10.1. The van der Waals surface area contributed by atoms with Crippen molar-refractivity contribution >= 4 is 5.78 Å². The van der Waals surface area contributed by atoms with Crippen LogP contribution in [0.5, 0.6) is 11.5 Å². The molecular weight excluding hydrogens is 187 g/mol. The standard InChI is InChI=1S/C10H11FO3/c1-6(12)2-3-7-4-8(13)10(11)9(14)5-7/h4-5,13-14H,2-3H2,1H3. The monoisotopic (exact) mass is 198 g/mol. The molecule has 0 saturated heterocycles. The van der Waals surface area contributed by atoms with Crippen molar-refractivity contribution in [2.75, 3.05) is 0 Å². The first-order valence-corrected chi connectivity index (χ1v) is 4.20. The van der Waals surface area contributed by atoms with Crippen LogP contribution >= 0.6 is 0 Å². The Bertz CT molecular complexity index is 337. The largest absolute Gasteiger partial charge is 0.505 e. The predicted octanol–water partition coefficient (Wildman–Crippen LogP) is 1.76. The normalized spacial score (nSPS) is 10.1. The topological polar surface area (TPSA) is 57.5 Å². The lowest BCUT2D eigenvalue weighted by Crippen LogP contribution is -1.94. The molecule has 0 heterocycles. The zero-order valence-corrected chi connectivity index (χ0v) is 7.75. The Morgan fingerprint density at radius 2 is 1.86 bits per heavy atom. The second-order valence-corrected chi connectivity index (χ2v) is 3.15. The number of phenols is 2. The van der Waals surface area contributed by atoms with Crippen LogP contribution in [0.2, 0.25) is 0 Å². The first-order valence-electron chi connectivity index (χ1n) is 4.20. The fraction of sp³-hybridized carbons (Fsp3) is 0.300. The summed E-state index contributed by atoms with van der Waals surface area (Å²) < 4.78 is 12.7. The Morgan fingerprint density at radius 3 is 2.29 bits per heavy atom. The van der Waals surface area contributed by atoms with Crippen LogP contribution < -0.4 is 0 Å². The molecule has 0 unspecified atom stereocenters. The Hall–Kier alpha value is -1.58. The SMILES string of the molecule is CC(=O)CCc1cc(O)c(F)c(O)c1. The minimum atomic E-state index is -1.03. The van der Waals surface area contributed by atoms with Crippen molar-refractivity contribution in [2.24, 2.45) is 0 Å². The highest BCUT2D eigenvalue weighted by atomic mass is 19.1. The number of phenolic OH excluding ortho intramolecular Hbond substituents is 2. The number of benzene rings is 1. The van der Waals surface area contributed by atoms with Crippen LogP contribution in [0.25, 0.3) is 0 Å². The molecule has 76 valence electrons. The lowest BCUT2D eigenvalue weighted by molar-refractivity contribution is -0.116. The van der Waals surface area contributed by atoms with E-state index < -0.39 is 17.3 Å². The van der Waals surface area contributed by atoms with Crippen LogP contribution in [-0.2, 0) is 11.2 Å². The van der Waals surface area contributed by atoms with Gasteiger partial charge in [-0.25, -0.2) is 0 Å². The molecule has 2 N–H and O–H groups in total. The Labute approximate surface area is 80.8 Å². The van der Waals surface area contributed by atoms with Gasteiger partial charge in [0.05, 0.1) is 0 Å². The van der Waals surface area contributed by atoms with E-state index in [1.165, 1.54) is 19.1 Å². The van der Waals surface area contributed by atoms with Crippen LogP contribution in [0.15, 0.2) is 12.1 Å².